The molecule has 2 aromatic rings. The predicted molar refractivity (Wildman–Crippen MR) is 65.6 cm³/mol. The molecule has 2 heterocycles. The number of nitrogens with one attached hydrogen (secondary N) is 1. The molecule has 0 spiro atoms. The van der Waals surface area contributed by atoms with Crippen molar-refractivity contribution in [3.8, 4) is 0 Å². The SMILES string of the molecule is CCc1cnc(C(C)Nc2nccs2)s1. The first-order valence-corrected chi connectivity index (χ1v) is 6.60. The minimum absolute atomic E-state index is 0.237. The van der Waals surface area contributed by atoms with Crippen LogP contribution >= 0.6 is 22.7 Å². The third-order valence-corrected chi connectivity index (χ3v) is 4.09. The van der Waals surface area contributed by atoms with E-state index in [1.807, 2.05) is 11.6 Å². The molecule has 0 amide bonds. The first-order valence-electron chi connectivity index (χ1n) is 4.90. The lowest BCUT2D eigenvalue weighted by Crippen LogP contribution is -2.05. The highest BCUT2D eigenvalue weighted by atomic mass is 32.1. The summed E-state index contributed by atoms with van der Waals surface area (Å²) in [7, 11) is 0. The molecule has 0 saturated heterocycles. The first kappa shape index (κ1) is 10.6. The molecule has 1 N–H and O–H groups in total. The minimum Gasteiger partial charge on any atom is -0.353 e. The van der Waals surface area contributed by atoms with Crippen LogP contribution in [0.15, 0.2) is 17.8 Å². The Bertz CT molecular complexity index is 408. The van der Waals surface area contributed by atoms with Gasteiger partial charge in [0.15, 0.2) is 5.13 Å². The van der Waals surface area contributed by atoms with Gasteiger partial charge in [0, 0.05) is 22.7 Å². The van der Waals surface area contributed by atoms with Gasteiger partial charge in [0.05, 0.1) is 6.04 Å². The van der Waals surface area contributed by atoms with E-state index in [1.54, 1.807) is 28.9 Å². The molecule has 15 heavy (non-hydrogen) atoms. The monoisotopic (exact) mass is 239 g/mol. The number of nitrogens with zero attached hydrogens (tertiary/aromatic N) is 2. The Morgan fingerprint density at radius 3 is 2.93 bits per heavy atom. The van der Waals surface area contributed by atoms with E-state index in [4.69, 9.17) is 0 Å². The summed E-state index contributed by atoms with van der Waals surface area (Å²) in [5.41, 5.74) is 0. The predicted octanol–water partition coefficient (Wildman–Crippen LogP) is 3.34. The number of rotatable bonds is 4. The van der Waals surface area contributed by atoms with Gasteiger partial charge in [-0.3, -0.25) is 0 Å². The third-order valence-electron chi connectivity index (χ3n) is 2.06. The lowest BCUT2D eigenvalue weighted by atomic mass is 10.4. The summed E-state index contributed by atoms with van der Waals surface area (Å²) in [5.74, 6) is 0. The normalized spacial score (nSPS) is 12.7. The molecule has 1 unspecified atom stereocenters. The van der Waals surface area contributed by atoms with E-state index in [-0.39, 0.29) is 6.04 Å². The molecule has 0 aliphatic heterocycles. The van der Waals surface area contributed by atoms with Crippen molar-refractivity contribution in [1.29, 1.82) is 0 Å². The topological polar surface area (TPSA) is 37.8 Å². The molecular weight excluding hydrogens is 226 g/mol. The molecule has 5 heteroatoms. The summed E-state index contributed by atoms with van der Waals surface area (Å²) in [5, 5.41) is 7.38. The van der Waals surface area contributed by atoms with Crippen molar-refractivity contribution in [3.05, 3.63) is 27.7 Å². The van der Waals surface area contributed by atoms with Gasteiger partial charge in [-0.25, -0.2) is 9.97 Å². The molecule has 0 aliphatic rings. The number of hydrogen-bond donors (Lipinski definition) is 1. The molecule has 0 saturated carbocycles. The van der Waals surface area contributed by atoms with Gasteiger partial charge in [-0.05, 0) is 13.3 Å². The fraction of sp³-hybridized carbons (Fsp3) is 0.400. The van der Waals surface area contributed by atoms with Crippen molar-refractivity contribution in [2.75, 3.05) is 5.32 Å². The Kier molecular flexibility index (Phi) is 3.33. The number of aromatic nitrogens is 2. The zero-order chi connectivity index (χ0) is 10.7. The van der Waals surface area contributed by atoms with Crippen LogP contribution in [0.1, 0.15) is 29.8 Å². The van der Waals surface area contributed by atoms with Crippen LogP contribution < -0.4 is 5.32 Å². The van der Waals surface area contributed by atoms with Crippen LogP contribution in [0.5, 0.6) is 0 Å². The minimum atomic E-state index is 0.237. The van der Waals surface area contributed by atoms with Crippen LogP contribution in [-0.2, 0) is 6.42 Å². The van der Waals surface area contributed by atoms with Gasteiger partial charge in [-0.2, -0.15) is 0 Å². The molecule has 0 bridgehead atoms. The zero-order valence-electron chi connectivity index (χ0n) is 8.73. The Labute approximate surface area is 97.2 Å². The fourth-order valence-electron chi connectivity index (χ4n) is 1.23. The van der Waals surface area contributed by atoms with E-state index in [0.717, 1.165) is 16.6 Å². The highest BCUT2D eigenvalue weighted by molar-refractivity contribution is 7.13. The van der Waals surface area contributed by atoms with E-state index in [9.17, 15) is 0 Å². The van der Waals surface area contributed by atoms with Crippen LogP contribution in [-0.4, -0.2) is 9.97 Å². The van der Waals surface area contributed by atoms with E-state index >= 15 is 0 Å². The molecule has 0 aliphatic carbocycles. The van der Waals surface area contributed by atoms with Crippen LogP contribution in [0, 0.1) is 0 Å². The van der Waals surface area contributed by atoms with E-state index in [2.05, 4.69) is 29.1 Å². The summed E-state index contributed by atoms with van der Waals surface area (Å²) >= 11 is 3.38. The fourth-order valence-corrected chi connectivity index (χ4v) is 2.70. The highest BCUT2D eigenvalue weighted by Gasteiger charge is 2.10. The van der Waals surface area contributed by atoms with E-state index in [0.29, 0.717) is 0 Å². The van der Waals surface area contributed by atoms with Crippen LogP contribution in [0.25, 0.3) is 0 Å². The summed E-state index contributed by atoms with van der Waals surface area (Å²) < 4.78 is 0. The van der Waals surface area contributed by atoms with E-state index < -0.39 is 0 Å². The number of thiazole rings is 2. The largest absolute Gasteiger partial charge is 0.353 e. The molecule has 2 rings (SSSR count). The smallest absolute Gasteiger partial charge is 0.183 e. The highest BCUT2D eigenvalue weighted by Crippen LogP contribution is 2.24. The van der Waals surface area contributed by atoms with Crippen molar-refractivity contribution in [2.45, 2.75) is 26.3 Å². The van der Waals surface area contributed by atoms with Gasteiger partial charge in [0.2, 0.25) is 0 Å². The van der Waals surface area contributed by atoms with Crippen LogP contribution in [0.3, 0.4) is 0 Å². The van der Waals surface area contributed by atoms with Gasteiger partial charge < -0.3 is 5.32 Å². The van der Waals surface area contributed by atoms with Gasteiger partial charge in [-0.15, -0.1) is 22.7 Å². The molecule has 80 valence electrons. The summed E-state index contributed by atoms with van der Waals surface area (Å²) in [6.07, 6.45) is 4.82. The van der Waals surface area contributed by atoms with Gasteiger partial charge >= 0.3 is 0 Å². The standard InChI is InChI=1S/C10H13N3S2/c1-3-8-6-12-9(15-8)7(2)13-10-11-4-5-14-10/h4-7H,3H2,1-2H3,(H,11,13). The summed E-state index contributed by atoms with van der Waals surface area (Å²) in [6.45, 7) is 4.26. The Hall–Kier alpha value is -0.940. The molecule has 3 nitrogen and oxygen atoms in total. The molecule has 0 radical (unpaired) electrons. The summed E-state index contributed by atoms with van der Waals surface area (Å²) in [4.78, 5) is 9.92. The Morgan fingerprint density at radius 2 is 2.33 bits per heavy atom. The maximum Gasteiger partial charge on any atom is 0.183 e. The first-order chi connectivity index (χ1) is 7.29. The van der Waals surface area contributed by atoms with Crippen molar-refractivity contribution in [1.82, 2.24) is 9.97 Å². The maximum absolute atomic E-state index is 4.40. The number of anilines is 1. The summed E-state index contributed by atoms with van der Waals surface area (Å²) in [6, 6.07) is 0.237. The molecule has 2 aromatic heterocycles. The zero-order valence-corrected chi connectivity index (χ0v) is 10.4. The van der Waals surface area contributed by atoms with Gasteiger partial charge in [-0.1, -0.05) is 6.92 Å². The second-order valence-corrected chi connectivity index (χ2v) is 5.26. The molecule has 1 atom stereocenters. The lowest BCUT2D eigenvalue weighted by molar-refractivity contribution is 0.867. The third kappa shape index (κ3) is 2.54. The Balaban J connectivity index is 2.04. The molecule has 0 aromatic carbocycles. The quantitative estimate of drug-likeness (QED) is 0.889. The second-order valence-electron chi connectivity index (χ2n) is 3.22. The van der Waals surface area contributed by atoms with Gasteiger partial charge in [0.25, 0.3) is 0 Å². The van der Waals surface area contributed by atoms with Crippen molar-refractivity contribution in [3.63, 3.8) is 0 Å². The lowest BCUT2D eigenvalue weighted by Gasteiger charge is -2.08. The van der Waals surface area contributed by atoms with E-state index in [1.165, 1.54) is 4.88 Å². The molecule has 0 fully saturated rings. The average molecular weight is 239 g/mol. The molecular formula is C10H13N3S2. The van der Waals surface area contributed by atoms with Gasteiger partial charge in [0.1, 0.15) is 5.01 Å². The van der Waals surface area contributed by atoms with Crippen molar-refractivity contribution < 1.29 is 0 Å². The Morgan fingerprint density at radius 1 is 1.47 bits per heavy atom. The van der Waals surface area contributed by atoms with Crippen LogP contribution in [0.2, 0.25) is 0 Å². The average Bonchev–Trinajstić information content (AvgIpc) is 2.86. The van der Waals surface area contributed by atoms with Crippen molar-refractivity contribution >= 4 is 27.8 Å². The van der Waals surface area contributed by atoms with Crippen molar-refractivity contribution in [2.24, 2.45) is 0 Å². The maximum atomic E-state index is 4.40. The second kappa shape index (κ2) is 4.72. The number of hydrogen-bond acceptors (Lipinski definition) is 5. The number of aryl methyl sites for hydroxylation is 1. The van der Waals surface area contributed by atoms with Crippen LogP contribution in [0.4, 0.5) is 5.13 Å².